The second-order valence-corrected chi connectivity index (χ2v) is 6.67. The van der Waals surface area contributed by atoms with Crippen LogP contribution in [0.3, 0.4) is 0 Å². The number of aromatic nitrogens is 2. The largest absolute Gasteiger partial charge is 0.348 e. The van der Waals surface area contributed by atoms with Crippen molar-refractivity contribution in [1.29, 1.82) is 0 Å². The van der Waals surface area contributed by atoms with Crippen molar-refractivity contribution in [2.45, 2.75) is 50.7 Å². The maximum atomic E-state index is 14.9. The molecular formula is C15H20ClFN4O. The molecule has 7 heteroatoms. The third-order valence-electron chi connectivity index (χ3n) is 4.59. The predicted octanol–water partition coefficient (Wildman–Crippen LogP) is 2.97. The monoisotopic (exact) mass is 326 g/mol. The lowest BCUT2D eigenvalue weighted by molar-refractivity contribution is -0.128. The number of rotatable bonds is 1. The minimum absolute atomic E-state index is 0.00117. The summed E-state index contributed by atoms with van der Waals surface area (Å²) in [5.41, 5.74) is -1.44. The molecule has 5 nitrogen and oxygen atoms in total. The average molecular weight is 327 g/mol. The standard InChI is InChI=1S/C15H20ClFN4O/c1-15(17)9-21(10-6-4-3-5-7-10)12-11(20(2)13(15)22)8-18-14(16)19-12/h8,10H,3-7,9H2,1-2H3. The van der Waals surface area contributed by atoms with Gasteiger partial charge in [0, 0.05) is 13.1 Å². The summed E-state index contributed by atoms with van der Waals surface area (Å²) in [5.74, 6) is -0.0119. The Labute approximate surface area is 134 Å². The fraction of sp³-hybridized carbons (Fsp3) is 0.667. The van der Waals surface area contributed by atoms with Gasteiger partial charge in [-0.3, -0.25) is 4.79 Å². The van der Waals surface area contributed by atoms with Crippen LogP contribution >= 0.6 is 11.6 Å². The zero-order valence-electron chi connectivity index (χ0n) is 12.9. The predicted molar refractivity (Wildman–Crippen MR) is 84.2 cm³/mol. The zero-order valence-corrected chi connectivity index (χ0v) is 13.6. The van der Waals surface area contributed by atoms with Crippen LogP contribution in [0.4, 0.5) is 15.9 Å². The fourth-order valence-electron chi connectivity index (χ4n) is 3.41. The number of anilines is 2. The average Bonchev–Trinajstić information content (AvgIpc) is 2.58. The molecule has 0 saturated heterocycles. The van der Waals surface area contributed by atoms with E-state index >= 15 is 0 Å². The van der Waals surface area contributed by atoms with Gasteiger partial charge in [-0.25, -0.2) is 9.37 Å². The highest BCUT2D eigenvalue weighted by molar-refractivity contribution is 6.28. The van der Waals surface area contributed by atoms with Crippen molar-refractivity contribution < 1.29 is 9.18 Å². The maximum Gasteiger partial charge on any atom is 0.266 e. The third-order valence-corrected chi connectivity index (χ3v) is 4.77. The minimum Gasteiger partial charge on any atom is -0.348 e. The number of carbonyl (C=O) groups excluding carboxylic acids is 1. The highest BCUT2D eigenvalue weighted by Crippen LogP contribution is 2.38. The minimum atomic E-state index is -1.96. The van der Waals surface area contributed by atoms with Gasteiger partial charge in [-0.1, -0.05) is 19.3 Å². The van der Waals surface area contributed by atoms with E-state index in [0.29, 0.717) is 11.5 Å². The number of halogens is 2. The van der Waals surface area contributed by atoms with Crippen molar-refractivity contribution in [3.63, 3.8) is 0 Å². The van der Waals surface area contributed by atoms with Crippen LogP contribution in [-0.2, 0) is 4.79 Å². The van der Waals surface area contributed by atoms with Crippen LogP contribution in [0.15, 0.2) is 6.20 Å². The lowest BCUT2D eigenvalue weighted by Crippen LogP contribution is -2.49. The van der Waals surface area contributed by atoms with E-state index in [4.69, 9.17) is 11.6 Å². The molecule has 0 radical (unpaired) electrons. The van der Waals surface area contributed by atoms with Crippen LogP contribution in [-0.4, -0.2) is 41.2 Å². The van der Waals surface area contributed by atoms with Gasteiger partial charge in [-0.2, -0.15) is 4.98 Å². The SMILES string of the molecule is CN1C(=O)C(C)(F)CN(C2CCCCC2)c2nc(Cl)ncc21. The molecule has 1 atom stereocenters. The summed E-state index contributed by atoms with van der Waals surface area (Å²) in [6, 6.07) is 0.188. The molecule has 3 rings (SSSR count). The van der Waals surface area contributed by atoms with Crippen molar-refractivity contribution in [3.8, 4) is 0 Å². The molecule has 2 aliphatic rings. The first-order chi connectivity index (χ1) is 10.4. The van der Waals surface area contributed by atoms with Gasteiger partial charge in [-0.15, -0.1) is 0 Å². The maximum absolute atomic E-state index is 14.9. The molecule has 1 saturated carbocycles. The molecule has 1 amide bonds. The van der Waals surface area contributed by atoms with Crippen LogP contribution in [0.2, 0.25) is 5.28 Å². The van der Waals surface area contributed by atoms with E-state index in [1.165, 1.54) is 24.4 Å². The van der Waals surface area contributed by atoms with Gasteiger partial charge in [-0.05, 0) is 31.4 Å². The Morgan fingerprint density at radius 2 is 2.05 bits per heavy atom. The summed E-state index contributed by atoms with van der Waals surface area (Å²) >= 11 is 5.94. The molecule has 0 bridgehead atoms. The number of hydrogen-bond donors (Lipinski definition) is 0. The Morgan fingerprint density at radius 3 is 2.73 bits per heavy atom. The number of alkyl halides is 1. The summed E-state index contributed by atoms with van der Waals surface area (Å²) in [6.45, 7) is 1.34. The van der Waals surface area contributed by atoms with Gasteiger partial charge in [0.1, 0.15) is 5.69 Å². The number of fused-ring (bicyclic) bond motifs is 1. The van der Waals surface area contributed by atoms with Gasteiger partial charge in [0.05, 0.1) is 12.7 Å². The first-order valence-electron chi connectivity index (χ1n) is 7.66. The van der Waals surface area contributed by atoms with E-state index in [1.54, 1.807) is 7.05 Å². The van der Waals surface area contributed by atoms with Crippen molar-refractivity contribution >= 4 is 29.0 Å². The lowest BCUT2D eigenvalue weighted by Gasteiger charge is -2.36. The smallest absolute Gasteiger partial charge is 0.266 e. The summed E-state index contributed by atoms with van der Waals surface area (Å²) in [5, 5.41) is 0.114. The van der Waals surface area contributed by atoms with E-state index in [2.05, 4.69) is 9.97 Å². The molecule has 22 heavy (non-hydrogen) atoms. The highest BCUT2D eigenvalue weighted by atomic mass is 35.5. The zero-order chi connectivity index (χ0) is 15.9. The number of hydrogen-bond acceptors (Lipinski definition) is 4. The van der Waals surface area contributed by atoms with E-state index in [0.717, 1.165) is 25.7 Å². The van der Waals surface area contributed by atoms with Crippen molar-refractivity contribution in [2.75, 3.05) is 23.4 Å². The second-order valence-electron chi connectivity index (χ2n) is 6.33. The Kier molecular flexibility index (Phi) is 3.97. The Morgan fingerprint density at radius 1 is 1.36 bits per heavy atom. The Hall–Kier alpha value is -1.43. The van der Waals surface area contributed by atoms with Gasteiger partial charge in [0.2, 0.25) is 11.0 Å². The normalized spacial score (nSPS) is 26.8. The van der Waals surface area contributed by atoms with Crippen LogP contribution < -0.4 is 9.80 Å². The van der Waals surface area contributed by atoms with Crippen LogP contribution in [0.1, 0.15) is 39.0 Å². The Bertz CT molecular complexity index is 589. The molecule has 1 aromatic heterocycles. The Balaban J connectivity index is 2.09. The molecule has 0 aromatic carbocycles. The highest BCUT2D eigenvalue weighted by Gasteiger charge is 2.44. The van der Waals surface area contributed by atoms with E-state index in [9.17, 15) is 9.18 Å². The number of amides is 1. The second kappa shape index (κ2) is 5.65. The molecule has 120 valence electrons. The summed E-state index contributed by atoms with van der Waals surface area (Å²) < 4.78 is 14.9. The lowest BCUT2D eigenvalue weighted by atomic mass is 9.93. The fourth-order valence-corrected chi connectivity index (χ4v) is 3.54. The molecule has 2 heterocycles. The van der Waals surface area contributed by atoms with E-state index in [1.807, 2.05) is 4.90 Å². The number of carbonyl (C=O) groups is 1. The van der Waals surface area contributed by atoms with Crippen LogP contribution in [0.5, 0.6) is 0 Å². The summed E-state index contributed by atoms with van der Waals surface area (Å²) in [6.07, 6.45) is 6.89. The van der Waals surface area contributed by atoms with Gasteiger partial charge < -0.3 is 9.80 Å². The van der Waals surface area contributed by atoms with Crippen molar-refractivity contribution in [1.82, 2.24) is 9.97 Å². The van der Waals surface area contributed by atoms with Gasteiger partial charge in [0.15, 0.2) is 5.82 Å². The third kappa shape index (κ3) is 2.64. The molecule has 1 unspecified atom stereocenters. The molecule has 1 aliphatic carbocycles. The quantitative estimate of drug-likeness (QED) is 0.744. The van der Waals surface area contributed by atoms with Gasteiger partial charge >= 0.3 is 0 Å². The molecule has 1 aliphatic heterocycles. The summed E-state index contributed by atoms with van der Waals surface area (Å²) in [4.78, 5) is 23.9. The van der Waals surface area contributed by atoms with Crippen LogP contribution in [0, 0.1) is 0 Å². The molecule has 1 fully saturated rings. The van der Waals surface area contributed by atoms with Crippen molar-refractivity contribution in [3.05, 3.63) is 11.5 Å². The topological polar surface area (TPSA) is 49.3 Å². The van der Waals surface area contributed by atoms with Crippen LogP contribution in [0.25, 0.3) is 0 Å². The molecule has 0 spiro atoms. The van der Waals surface area contributed by atoms with E-state index in [-0.39, 0.29) is 17.9 Å². The first kappa shape index (κ1) is 15.5. The molecule has 1 aromatic rings. The molecular weight excluding hydrogens is 307 g/mol. The molecule has 0 N–H and O–H groups in total. The number of nitrogens with zero attached hydrogens (tertiary/aromatic N) is 4. The first-order valence-corrected chi connectivity index (χ1v) is 8.04. The summed E-state index contributed by atoms with van der Waals surface area (Å²) in [7, 11) is 1.56. The van der Waals surface area contributed by atoms with Gasteiger partial charge in [0.25, 0.3) is 5.91 Å². The van der Waals surface area contributed by atoms with Crippen molar-refractivity contribution in [2.24, 2.45) is 0 Å². The van der Waals surface area contributed by atoms with E-state index < -0.39 is 11.6 Å².